The quantitative estimate of drug-likeness (QED) is 0.685. The first-order valence-electron chi connectivity index (χ1n) is 9.18. The first-order chi connectivity index (χ1) is 12.5. The Bertz CT molecular complexity index is 727. The molecule has 2 aromatic rings. The fourth-order valence-electron chi connectivity index (χ4n) is 2.77. The molecule has 26 heavy (non-hydrogen) atoms. The van der Waals surface area contributed by atoms with Crippen LogP contribution in [0.3, 0.4) is 0 Å². The average Bonchev–Trinajstić information content (AvgIpc) is 2.66. The van der Waals surface area contributed by atoms with Gasteiger partial charge >= 0.3 is 0 Å². The summed E-state index contributed by atoms with van der Waals surface area (Å²) in [6.07, 6.45) is 1.94. The van der Waals surface area contributed by atoms with Crippen LogP contribution >= 0.6 is 0 Å². The average molecular weight is 355 g/mol. The van der Waals surface area contributed by atoms with E-state index in [1.165, 1.54) is 5.56 Å². The molecule has 0 radical (unpaired) electrons. The molecule has 0 saturated carbocycles. The van der Waals surface area contributed by atoms with Crippen LogP contribution in [-0.2, 0) is 11.2 Å². The normalized spacial score (nSPS) is 11.7. The molecule has 1 amide bonds. The monoisotopic (exact) mass is 355 g/mol. The summed E-state index contributed by atoms with van der Waals surface area (Å²) >= 11 is 0. The second-order valence-electron chi connectivity index (χ2n) is 6.46. The van der Waals surface area contributed by atoms with Gasteiger partial charge in [0.05, 0.1) is 7.11 Å². The van der Waals surface area contributed by atoms with Gasteiger partial charge in [-0.1, -0.05) is 31.2 Å². The van der Waals surface area contributed by atoms with Crippen molar-refractivity contribution >= 4 is 5.91 Å². The summed E-state index contributed by atoms with van der Waals surface area (Å²) < 4.78 is 11.2. The third-order valence-electron chi connectivity index (χ3n) is 4.56. The number of aryl methyl sites for hydroxylation is 2. The van der Waals surface area contributed by atoms with Crippen molar-refractivity contribution in [2.45, 2.75) is 46.1 Å². The third kappa shape index (κ3) is 5.51. The van der Waals surface area contributed by atoms with E-state index in [1.807, 2.05) is 57.2 Å². The molecule has 0 aliphatic heterocycles. The van der Waals surface area contributed by atoms with Crippen molar-refractivity contribution < 1.29 is 14.3 Å². The lowest BCUT2D eigenvalue weighted by Crippen LogP contribution is -2.38. The number of nitrogens with one attached hydrogen (secondary N) is 1. The van der Waals surface area contributed by atoms with Crippen LogP contribution in [0.1, 0.15) is 36.5 Å². The lowest BCUT2D eigenvalue weighted by atomic mass is 10.1. The largest absolute Gasteiger partial charge is 0.497 e. The minimum absolute atomic E-state index is 0.0564. The molecule has 1 atom stereocenters. The van der Waals surface area contributed by atoms with Gasteiger partial charge in [0.25, 0.3) is 5.91 Å². The van der Waals surface area contributed by atoms with Crippen molar-refractivity contribution in [1.29, 1.82) is 0 Å². The number of methoxy groups -OCH3 is 1. The molecule has 0 aliphatic rings. The Balaban J connectivity index is 1.82. The van der Waals surface area contributed by atoms with E-state index in [2.05, 4.69) is 11.4 Å². The van der Waals surface area contributed by atoms with Gasteiger partial charge in [-0.2, -0.15) is 0 Å². The van der Waals surface area contributed by atoms with Gasteiger partial charge in [-0.25, -0.2) is 0 Å². The van der Waals surface area contributed by atoms with Gasteiger partial charge in [0.1, 0.15) is 11.5 Å². The fourth-order valence-corrected chi connectivity index (χ4v) is 2.77. The first-order valence-corrected chi connectivity index (χ1v) is 9.18. The van der Waals surface area contributed by atoms with Crippen molar-refractivity contribution in [3.05, 3.63) is 59.2 Å². The number of rotatable bonds is 9. The maximum absolute atomic E-state index is 12.4. The van der Waals surface area contributed by atoms with Crippen molar-refractivity contribution in [2.75, 3.05) is 13.7 Å². The Labute approximate surface area is 156 Å². The van der Waals surface area contributed by atoms with Crippen LogP contribution in [0.25, 0.3) is 0 Å². The minimum atomic E-state index is -0.465. The van der Waals surface area contributed by atoms with Gasteiger partial charge in [-0.05, 0) is 68.0 Å². The molecule has 140 valence electrons. The van der Waals surface area contributed by atoms with Gasteiger partial charge in [0, 0.05) is 6.54 Å². The maximum atomic E-state index is 12.4. The molecular weight excluding hydrogens is 326 g/mol. The highest BCUT2D eigenvalue weighted by molar-refractivity contribution is 5.81. The Morgan fingerprint density at radius 2 is 1.92 bits per heavy atom. The second kappa shape index (κ2) is 9.85. The van der Waals surface area contributed by atoms with Crippen LogP contribution in [0, 0.1) is 13.8 Å². The predicted octanol–water partition coefficient (Wildman–Crippen LogP) is 4.22. The van der Waals surface area contributed by atoms with Gasteiger partial charge in [-0.3, -0.25) is 4.79 Å². The maximum Gasteiger partial charge on any atom is 0.261 e. The standard InChI is InChI=1S/C22H29NO3/c1-5-20(26-21-13-6-9-16(2)17(21)3)22(24)23-14-8-11-18-10-7-12-19(15-18)25-4/h6-7,9-10,12-13,15,20H,5,8,11,14H2,1-4H3,(H,23,24). The second-order valence-corrected chi connectivity index (χ2v) is 6.46. The van der Waals surface area contributed by atoms with Crippen LogP contribution in [-0.4, -0.2) is 25.7 Å². The molecule has 0 aromatic heterocycles. The van der Waals surface area contributed by atoms with E-state index in [0.29, 0.717) is 13.0 Å². The molecule has 1 N–H and O–H groups in total. The Hall–Kier alpha value is -2.49. The summed E-state index contributed by atoms with van der Waals surface area (Å²) in [5.74, 6) is 1.59. The number of benzene rings is 2. The Kier molecular flexibility index (Phi) is 7.52. The molecule has 0 saturated heterocycles. The smallest absolute Gasteiger partial charge is 0.261 e. The molecule has 0 heterocycles. The van der Waals surface area contributed by atoms with Gasteiger partial charge in [-0.15, -0.1) is 0 Å². The van der Waals surface area contributed by atoms with Crippen LogP contribution in [0.15, 0.2) is 42.5 Å². The first kappa shape index (κ1) is 19.8. The van der Waals surface area contributed by atoms with Crippen molar-refractivity contribution in [2.24, 2.45) is 0 Å². The highest BCUT2D eigenvalue weighted by Crippen LogP contribution is 2.22. The zero-order valence-corrected chi connectivity index (χ0v) is 16.2. The van der Waals surface area contributed by atoms with Crippen LogP contribution in [0.5, 0.6) is 11.5 Å². The molecule has 0 fully saturated rings. The summed E-state index contributed by atoms with van der Waals surface area (Å²) in [6, 6.07) is 13.9. The van der Waals surface area contributed by atoms with E-state index < -0.39 is 6.10 Å². The lowest BCUT2D eigenvalue weighted by Gasteiger charge is -2.19. The predicted molar refractivity (Wildman–Crippen MR) is 105 cm³/mol. The zero-order chi connectivity index (χ0) is 18.9. The number of amides is 1. The molecule has 2 aromatic carbocycles. The highest BCUT2D eigenvalue weighted by Gasteiger charge is 2.18. The molecule has 0 spiro atoms. The molecule has 0 aliphatic carbocycles. The Morgan fingerprint density at radius 3 is 2.65 bits per heavy atom. The van der Waals surface area contributed by atoms with Gasteiger partial charge < -0.3 is 14.8 Å². The van der Waals surface area contributed by atoms with Crippen LogP contribution in [0.4, 0.5) is 0 Å². The summed E-state index contributed by atoms with van der Waals surface area (Å²) in [5, 5.41) is 2.99. The van der Waals surface area contributed by atoms with E-state index in [4.69, 9.17) is 9.47 Å². The van der Waals surface area contributed by atoms with Crippen molar-refractivity contribution in [1.82, 2.24) is 5.32 Å². The third-order valence-corrected chi connectivity index (χ3v) is 4.56. The molecule has 4 heteroatoms. The van der Waals surface area contributed by atoms with Crippen LogP contribution in [0.2, 0.25) is 0 Å². The van der Waals surface area contributed by atoms with Crippen molar-refractivity contribution in [3.8, 4) is 11.5 Å². The topological polar surface area (TPSA) is 47.6 Å². The lowest BCUT2D eigenvalue weighted by molar-refractivity contribution is -0.128. The van der Waals surface area contributed by atoms with E-state index >= 15 is 0 Å². The Morgan fingerprint density at radius 1 is 1.15 bits per heavy atom. The van der Waals surface area contributed by atoms with E-state index in [9.17, 15) is 4.79 Å². The van der Waals surface area contributed by atoms with E-state index in [0.717, 1.165) is 35.5 Å². The van der Waals surface area contributed by atoms with E-state index in [1.54, 1.807) is 7.11 Å². The van der Waals surface area contributed by atoms with Gasteiger partial charge in [0.15, 0.2) is 6.10 Å². The number of carbonyl (C=O) groups is 1. The van der Waals surface area contributed by atoms with Gasteiger partial charge in [0.2, 0.25) is 0 Å². The number of hydrogen-bond acceptors (Lipinski definition) is 3. The summed E-state index contributed by atoms with van der Waals surface area (Å²) in [6.45, 7) is 6.65. The molecule has 4 nitrogen and oxygen atoms in total. The molecule has 0 bridgehead atoms. The van der Waals surface area contributed by atoms with E-state index in [-0.39, 0.29) is 5.91 Å². The summed E-state index contributed by atoms with van der Waals surface area (Å²) in [4.78, 5) is 12.4. The zero-order valence-electron chi connectivity index (χ0n) is 16.2. The highest BCUT2D eigenvalue weighted by atomic mass is 16.5. The fraction of sp³-hybridized carbons (Fsp3) is 0.409. The summed E-state index contributed by atoms with van der Waals surface area (Å²) in [5.41, 5.74) is 3.45. The van der Waals surface area contributed by atoms with Crippen LogP contribution < -0.4 is 14.8 Å². The SMILES string of the molecule is CCC(Oc1cccc(C)c1C)C(=O)NCCCc1cccc(OC)c1. The minimum Gasteiger partial charge on any atom is -0.497 e. The molecular formula is C22H29NO3. The molecule has 2 rings (SSSR count). The number of carbonyl (C=O) groups excluding carboxylic acids is 1. The summed E-state index contributed by atoms with van der Waals surface area (Å²) in [7, 11) is 1.67. The molecule has 1 unspecified atom stereocenters. The number of hydrogen-bond donors (Lipinski definition) is 1. The number of ether oxygens (including phenoxy) is 2. The van der Waals surface area contributed by atoms with Crippen molar-refractivity contribution in [3.63, 3.8) is 0 Å².